The molecule has 3 N–H and O–H groups in total. The highest BCUT2D eigenvalue weighted by atomic mass is 16.2. The van der Waals surface area contributed by atoms with Gasteiger partial charge in [0.2, 0.25) is 17.7 Å². The summed E-state index contributed by atoms with van der Waals surface area (Å²) in [5.41, 5.74) is 9.59. The van der Waals surface area contributed by atoms with Crippen molar-refractivity contribution >= 4 is 23.3 Å². The Morgan fingerprint density at radius 3 is 2.38 bits per heavy atom. The Hall–Kier alpha value is -2.43. The molecule has 5 nitrogen and oxygen atoms in total. The molecule has 0 atom stereocenters. The molecule has 3 aliphatic rings. The molecule has 1 saturated carbocycles. The summed E-state index contributed by atoms with van der Waals surface area (Å²) in [5, 5.41) is 2.35. The molecular formula is C21H24N2O3. The number of hydrogen-bond donors (Lipinski definition) is 2. The molecule has 0 radical (unpaired) electrons. The number of carbonyl (C=O) groups is 3. The molecule has 0 unspecified atom stereocenters. The molecule has 26 heavy (non-hydrogen) atoms. The van der Waals surface area contributed by atoms with Gasteiger partial charge in [-0.25, -0.2) is 0 Å². The number of nitrogens with one attached hydrogen (secondary N) is 1. The van der Waals surface area contributed by atoms with E-state index in [0.717, 1.165) is 30.4 Å². The monoisotopic (exact) mass is 352 g/mol. The molecule has 1 aromatic rings. The molecule has 0 aromatic heterocycles. The molecule has 1 saturated heterocycles. The molecule has 0 bridgehead atoms. The summed E-state index contributed by atoms with van der Waals surface area (Å²) in [6.07, 6.45) is 9.97. The van der Waals surface area contributed by atoms with Crippen LogP contribution >= 0.6 is 0 Å². The van der Waals surface area contributed by atoms with Gasteiger partial charge in [0.1, 0.15) is 0 Å². The zero-order valence-corrected chi connectivity index (χ0v) is 14.8. The number of allylic oxidation sites excluding steroid dienone is 2. The summed E-state index contributed by atoms with van der Waals surface area (Å²) in [6, 6.07) is 5.55. The van der Waals surface area contributed by atoms with Gasteiger partial charge in [0.25, 0.3) is 0 Å². The van der Waals surface area contributed by atoms with Crippen molar-refractivity contribution in [2.75, 3.05) is 0 Å². The van der Waals surface area contributed by atoms with E-state index in [9.17, 15) is 14.4 Å². The van der Waals surface area contributed by atoms with Gasteiger partial charge >= 0.3 is 0 Å². The van der Waals surface area contributed by atoms with E-state index in [1.807, 2.05) is 12.1 Å². The Bertz CT molecular complexity index is 805. The van der Waals surface area contributed by atoms with Gasteiger partial charge in [-0.05, 0) is 60.3 Å². The quantitative estimate of drug-likeness (QED) is 0.819. The minimum Gasteiger partial charge on any atom is -0.366 e. The molecule has 1 aromatic carbocycles. The standard InChI is InChI=1S/C21H24N2O3/c22-20(26)16-3-2-14(15-11-18(24)23-19(25)12-15)10-17(16)13-4-8-21(9-5-13)6-1-7-21/h2-4,10,15H,1,5-9,11-12H2,(H2,22,26)(H,23,24,25). The highest BCUT2D eigenvalue weighted by Gasteiger charge is 2.38. The highest BCUT2D eigenvalue weighted by molar-refractivity contribution is 6.00. The van der Waals surface area contributed by atoms with E-state index in [1.165, 1.54) is 24.8 Å². The maximum Gasteiger partial charge on any atom is 0.249 e. The van der Waals surface area contributed by atoms with Crippen LogP contribution in [0.1, 0.15) is 78.8 Å². The zero-order chi connectivity index (χ0) is 18.3. The topological polar surface area (TPSA) is 89.3 Å². The van der Waals surface area contributed by atoms with Crippen LogP contribution in [0, 0.1) is 5.41 Å². The lowest BCUT2D eigenvalue weighted by Crippen LogP contribution is -2.37. The number of carbonyl (C=O) groups excluding carboxylic acids is 3. The molecule has 136 valence electrons. The summed E-state index contributed by atoms with van der Waals surface area (Å²) in [4.78, 5) is 35.4. The fraction of sp³-hybridized carbons (Fsp3) is 0.476. The predicted molar refractivity (Wildman–Crippen MR) is 98.2 cm³/mol. The number of primary amides is 1. The van der Waals surface area contributed by atoms with Crippen LogP contribution in [0.5, 0.6) is 0 Å². The van der Waals surface area contributed by atoms with E-state index in [1.54, 1.807) is 6.07 Å². The first-order valence-corrected chi connectivity index (χ1v) is 9.42. The van der Waals surface area contributed by atoms with E-state index in [2.05, 4.69) is 11.4 Å². The third-order valence-electron chi connectivity index (χ3n) is 6.39. The van der Waals surface area contributed by atoms with Gasteiger partial charge in [0, 0.05) is 24.3 Å². The Morgan fingerprint density at radius 2 is 1.85 bits per heavy atom. The third kappa shape index (κ3) is 3.06. The molecule has 2 fully saturated rings. The van der Waals surface area contributed by atoms with Crippen molar-refractivity contribution in [2.45, 2.75) is 57.3 Å². The molecule has 5 heteroatoms. The number of rotatable bonds is 3. The summed E-state index contributed by atoms with van der Waals surface area (Å²) < 4.78 is 0. The third-order valence-corrected chi connectivity index (χ3v) is 6.39. The Labute approximate surface area is 153 Å². The van der Waals surface area contributed by atoms with E-state index < -0.39 is 5.91 Å². The van der Waals surface area contributed by atoms with Crippen molar-refractivity contribution in [3.05, 3.63) is 41.0 Å². The SMILES string of the molecule is NC(=O)c1ccc(C2CC(=O)NC(=O)C2)cc1C1=CCC2(CCC2)CC1. The number of amides is 3. The molecular weight excluding hydrogens is 328 g/mol. The van der Waals surface area contributed by atoms with Gasteiger partial charge < -0.3 is 5.73 Å². The predicted octanol–water partition coefficient (Wildman–Crippen LogP) is 3.04. The average Bonchev–Trinajstić information content (AvgIpc) is 2.59. The summed E-state index contributed by atoms with van der Waals surface area (Å²) in [5.74, 6) is -1.06. The average molecular weight is 352 g/mol. The fourth-order valence-corrected chi connectivity index (χ4v) is 4.63. The number of imide groups is 1. The summed E-state index contributed by atoms with van der Waals surface area (Å²) >= 11 is 0. The lowest BCUT2D eigenvalue weighted by molar-refractivity contribution is -0.133. The first-order valence-electron chi connectivity index (χ1n) is 9.42. The van der Waals surface area contributed by atoms with Crippen molar-refractivity contribution in [1.29, 1.82) is 0 Å². The van der Waals surface area contributed by atoms with Gasteiger partial charge in [-0.3, -0.25) is 19.7 Å². The van der Waals surface area contributed by atoms with E-state index in [-0.39, 0.29) is 17.7 Å². The Morgan fingerprint density at radius 1 is 1.12 bits per heavy atom. The van der Waals surface area contributed by atoms with Crippen LogP contribution in [0.3, 0.4) is 0 Å². The van der Waals surface area contributed by atoms with Crippen molar-refractivity contribution < 1.29 is 14.4 Å². The Kier molecular flexibility index (Phi) is 4.17. The van der Waals surface area contributed by atoms with Crippen molar-refractivity contribution in [2.24, 2.45) is 11.1 Å². The number of benzene rings is 1. The second kappa shape index (κ2) is 6.38. The maximum atomic E-state index is 11.9. The zero-order valence-electron chi connectivity index (χ0n) is 14.8. The molecule has 2 aliphatic carbocycles. The van der Waals surface area contributed by atoms with Crippen LogP contribution in [0.2, 0.25) is 0 Å². The van der Waals surface area contributed by atoms with Gasteiger partial charge in [-0.1, -0.05) is 24.6 Å². The number of piperidine rings is 1. The summed E-state index contributed by atoms with van der Waals surface area (Å²) in [7, 11) is 0. The number of hydrogen-bond acceptors (Lipinski definition) is 3. The highest BCUT2D eigenvalue weighted by Crippen LogP contribution is 2.52. The minimum absolute atomic E-state index is 0.140. The second-order valence-corrected chi connectivity index (χ2v) is 8.03. The van der Waals surface area contributed by atoms with Gasteiger partial charge in [0.05, 0.1) is 0 Å². The molecule has 1 heterocycles. The maximum absolute atomic E-state index is 11.9. The van der Waals surface area contributed by atoms with Crippen LogP contribution < -0.4 is 11.1 Å². The molecule has 1 aliphatic heterocycles. The van der Waals surface area contributed by atoms with Crippen molar-refractivity contribution in [3.63, 3.8) is 0 Å². The van der Waals surface area contributed by atoms with E-state index in [0.29, 0.717) is 23.8 Å². The van der Waals surface area contributed by atoms with Crippen LogP contribution in [0.15, 0.2) is 24.3 Å². The largest absolute Gasteiger partial charge is 0.366 e. The second-order valence-electron chi connectivity index (χ2n) is 8.03. The van der Waals surface area contributed by atoms with Crippen LogP contribution in [0.25, 0.3) is 5.57 Å². The van der Waals surface area contributed by atoms with Crippen molar-refractivity contribution in [3.8, 4) is 0 Å². The normalized spacial score (nSPS) is 22.5. The summed E-state index contributed by atoms with van der Waals surface area (Å²) in [6.45, 7) is 0. The van der Waals surface area contributed by atoms with Crippen molar-refractivity contribution in [1.82, 2.24) is 5.32 Å². The van der Waals surface area contributed by atoms with Gasteiger partial charge in [0.15, 0.2) is 0 Å². The van der Waals surface area contributed by atoms with Crippen LogP contribution in [-0.4, -0.2) is 17.7 Å². The number of nitrogens with two attached hydrogens (primary N) is 1. The lowest BCUT2D eigenvalue weighted by Gasteiger charge is -2.44. The van der Waals surface area contributed by atoms with E-state index >= 15 is 0 Å². The van der Waals surface area contributed by atoms with Gasteiger partial charge in [-0.2, -0.15) is 0 Å². The minimum atomic E-state index is -0.436. The lowest BCUT2D eigenvalue weighted by atomic mass is 9.61. The van der Waals surface area contributed by atoms with Crippen LogP contribution in [-0.2, 0) is 9.59 Å². The van der Waals surface area contributed by atoms with Gasteiger partial charge in [-0.15, -0.1) is 0 Å². The Balaban J connectivity index is 1.67. The molecule has 3 amide bonds. The molecule has 1 spiro atoms. The first-order chi connectivity index (χ1) is 12.5. The smallest absolute Gasteiger partial charge is 0.249 e. The van der Waals surface area contributed by atoms with Crippen LogP contribution in [0.4, 0.5) is 0 Å². The first kappa shape index (κ1) is 17.0. The fourth-order valence-electron chi connectivity index (χ4n) is 4.63. The molecule has 4 rings (SSSR count). The van der Waals surface area contributed by atoms with E-state index in [4.69, 9.17) is 5.73 Å².